The highest BCUT2D eigenvalue weighted by atomic mass is 16.7. The number of para-hydroxylation sites is 1. The van der Waals surface area contributed by atoms with Gasteiger partial charge in [-0.3, -0.25) is 4.79 Å². The molecule has 1 aliphatic rings. The van der Waals surface area contributed by atoms with Crippen molar-refractivity contribution in [2.75, 3.05) is 19.9 Å². The highest BCUT2D eigenvalue weighted by Gasteiger charge is 2.18. The predicted molar refractivity (Wildman–Crippen MR) is 72.1 cm³/mol. The van der Waals surface area contributed by atoms with Crippen molar-refractivity contribution in [3.05, 3.63) is 23.8 Å². The fourth-order valence-electron chi connectivity index (χ4n) is 1.94. The van der Waals surface area contributed by atoms with Gasteiger partial charge in [0.1, 0.15) is 0 Å². The second kappa shape index (κ2) is 6.43. The molecule has 0 saturated heterocycles. The molecular weight excluding hydrogens is 244 g/mol. The number of rotatable bonds is 6. The highest BCUT2D eigenvalue weighted by molar-refractivity contribution is 5.78. The van der Waals surface area contributed by atoms with Crippen molar-refractivity contribution in [1.82, 2.24) is 10.6 Å². The highest BCUT2D eigenvalue weighted by Crippen LogP contribution is 2.35. The number of nitrogens with one attached hydrogen (secondary N) is 2. The van der Waals surface area contributed by atoms with Gasteiger partial charge >= 0.3 is 0 Å². The van der Waals surface area contributed by atoms with Crippen LogP contribution in [0, 0.1) is 5.92 Å². The van der Waals surface area contributed by atoms with E-state index in [0.29, 0.717) is 13.1 Å². The van der Waals surface area contributed by atoms with Crippen molar-refractivity contribution < 1.29 is 14.3 Å². The smallest absolute Gasteiger partial charge is 0.231 e. The van der Waals surface area contributed by atoms with E-state index >= 15 is 0 Å². The molecule has 0 saturated carbocycles. The van der Waals surface area contributed by atoms with E-state index in [1.807, 2.05) is 32.0 Å². The van der Waals surface area contributed by atoms with Gasteiger partial charge < -0.3 is 20.1 Å². The lowest BCUT2D eigenvalue weighted by molar-refractivity contribution is -0.124. The minimum absolute atomic E-state index is 0.0393. The molecule has 104 valence electrons. The predicted octanol–water partition coefficient (Wildman–Crippen LogP) is 1.28. The van der Waals surface area contributed by atoms with Crippen molar-refractivity contribution >= 4 is 5.91 Å². The van der Waals surface area contributed by atoms with Crippen molar-refractivity contribution in [2.24, 2.45) is 5.92 Å². The Morgan fingerprint density at radius 2 is 2.26 bits per heavy atom. The van der Waals surface area contributed by atoms with Gasteiger partial charge in [0.15, 0.2) is 11.5 Å². The summed E-state index contributed by atoms with van der Waals surface area (Å²) in [5.41, 5.74) is 0.944. The lowest BCUT2D eigenvalue weighted by Gasteiger charge is -2.13. The van der Waals surface area contributed by atoms with Gasteiger partial charge in [0.2, 0.25) is 12.7 Å². The lowest BCUT2D eigenvalue weighted by atomic mass is 10.1. The molecule has 1 heterocycles. The summed E-state index contributed by atoms with van der Waals surface area (Å²) in [5, 5.41) is 6.09. The third kappa shape index (κ3) is 3.38. The zero-order chi connectivity index (χ0) is 13.7. The zero-order valence-electron chi connectivity index (χ0n) is 11.4. The summed E-state index contributed by atoms with van der Waals surface area (Å²) in [6, 6.07) is 5.70. The van der Waals surface area contributed by atoms with Crippen LogP contribution < -0.4 is 20.1 Å². The van der Waals surface area contributed by atoms with Gasteiger partial charge in [0.25, 0.3) is 0 Å². The summed E-state index contributed by atoms with van der Waals surface area (Å²) in [6.45, 7) is 6.20. The van der Waals surface area contributed by atoms with Crippen LogP contribution >= 0.6 is 0 Å². The van der Waals surface area contributed by atoms with E-state index < -0.39 is 0 Å². The third-order valence-corrected chi connectivity index (χ3v) is 3.08. The number of hydrogen-bond donors (Lipinski definition) is 2. The van der Waals surface area contributed by atoms with Gasteiger partial charge in [0, 0.05) is 24.6 Å². The van der Waals surface area contributed by atoms with E-state index in [0.717, 1.165) is 23.6 Å². The summed E-state index contributed by atoms with van der Waals surface area (Å²) in [6.07, 6.45) is 0. The molecule has 0 fully saturated rings. The number of benzene rings is 1. The standard InChI is InChI=1S/C14H20N2O3/c1-3-15-7-10(2)14(17)16-8-11-5-4-6-12-13(11)19-9-18-12/h4-6,10,15H,3,7-9H2,1-2H3,(H,16,17). The van der Waals surface area contributed by atoms with Gasteiger partial charge in [0.05, 0.1) is 0 Å². The number of amides is 1. The molecule has 0 aromatic heterocycles. The lowest BCUT2D eigenvalue weighted by Crippen LogP contribution is -2.34. The maximum Gasteiger partial charge on any atom is 0.231 e. The van der Waals surface area contributed by atoms with Crippen LogP contribution in [0.15, 0.2) is 18.2 Å². The van der Waals surface area contributed by atoms with Crippen LogP contribution in [0.5, 0.6) is 11.5 Å². The Balaban J connectivity index is 1.89. The van der Waals surface area contributed by atoms with Gasteiger partial charge in [-0.2, -0.15) is 0 Å². The first-order chi connectivity index (χ1) is 9.22. The first-order valence-electron chi connectivity index (χ1n) is 6.58. The maximum atomic E-state index is 11.9. The minimum atomic E-state index is -0.0473. The van der Waals surface area contributed by atoms with Crippen LogP contribution in [-0.4, -0.2) is 25.8 Å². The molecule has 1 aromatic carbocycles. The van der Waals surface area contributed by atoms with Crippen molar-refractivity contribution in [1.29, 1.82) is 0 Å². The summed E-state index contributed by atoms with van der Waals surface area (Å²) in [7, 11) is 0. The fourth-order valence-corrected chi connectivity index (χ4v) is 1.94. The molecule has 1 unspecified atom stereocenters. The van der Waals surface area contributed by atoms with Crippen molar-refractivity contribution in [3.8, 4) is 11.5 Å². The van der Waals surface area contributed by atoms with E-state index in [-0.39, 0.29) is 18.6 Å². The van der Waals surface area contributed by atoms with E-state index in [9.17, 15) is 4.79 Å². The first-order valence-corrected chi connectivity index (χ1v) is 6.58. The Hall–Kier alpha value is -1.75. The average molecular weight is 264 g/mol. The van der Waals surface area contributed by atoms with Crippen LogP contribution in [-0.2, 0) is 11.3 Å². The Morgan fingerprint density at radius 1 is 1.42 bits per heavy atom. The topological polar surface area (TPSA) is 59.6 Å². The average Bonchev–Trinajstić information content (AvgIpc) is 2.90. The largest absolute Gasteiger partial charge is 0.454 e. The number of hydrogen-bond acceptors (Lipinski definition) is 4. The third-order valence-electron chi connectivity index (χ3n) is 3.08. The normalized spacial score (nSPS) is 14.2. The zero-order valence-corrected chi connectivity index (χ0v) is 11.4. The molecule has 19 heavy (non-hydrogen) atoms. The molecule has 0 spiro atoms. The number of carbonyl (C=O) groups is 1. The number of carbonyl (C=O) groups excluding carboxylic acids is 1. The van der Waals surface area contributed by atoms with E-state index in [4.69, 9.17) is 9.47 Å². The molecular formula is C14H20N2O3. The van der Waals surface area contributed by atoms with E-state index in [2.05, 4.69) is 10.6 Å². The Kier molecular flexibility index (Phi) is 4.63. The second-order valence-corrected chi connectivity index (χ2v) is 4.58. The monoisotopic (exact) mass is 264 g/mol. The van der Waals surface area contributed by atoms with Crippen molar-refractivity contribution in [2.45, 2.75) is 20.4 Å². The van der Waals surface area contributed by atoms with E-state index in [1.54, 1.807) is 0 Å². The molecule has 5 nitrogen and oxygen atoms in total. The Morgan fingerprint density at radius 3 is 3.05 bits per heavy atom. The molecule has 1 amide bonds. The van der Waals surface area contributed by atoms with E-state index in [1.165, 1.54) is 0 Å². The minimum Gasteiger partial charge on any atom is -0.454 e. The van der Waals surface area contributed by atoms with Crippen LogP contribution in [0.3, 0.4) is 0 Å². The van der Waals surface area contributed by atoms with Gasteiger partial charge in [-0.25, -0.2) is 0 Å². The molecule has 2 rings (SSSR count). The second-order valence-electron chi connectivity index (χ2n) is 4.58. The molecule has 0 radical (unpaired) electrons. The van der Waals surface area contributed by atoms with Gasteiger partial charge in [-0.1, -0.05) is 26.0 Å². The fraction of sp³-hybridized carbons (Fsp3) is 0.500. The van der Waals surface area contributed by atoms with Gasteiger partial charge in [-0.15, -0.1) is 0 Å². The molecule has 5 heteroatoms. The van der Waals surface area contributed by atoms with Crippen LogP contribution in [0.4, 0.5) is 0 Å². The van der Waals surface area contributed by atoms with Crippen molar-refractivity contribution in [3.63, 3.8) is 0 Å². The van der Waals surface area contributed by atoms with Crippen LogP contribution in [0.25, 0.3) is 0 Å². The van der Waals surface area contributed by atoms with Gasteiger partial charge in [-0.05, 0) is 12.6 Å². The van der Waals surface area contributed by atoms with Crippen LogP contribution in [0.1, 0.15) is 19.4 Å². The Bertz CT molecular complexity index is 448. The summed E-state index contributed by atoms with van der Waals surface area (Å²) in [5.74, 6) is 1.47. The quantitative estimate of drug-likeness (QED) is 0.812. The summed E-state index contributed by atoms with van der Waals surface area (Å²) >= 11 is 0. The van der Waals surface area contributed by atoms with Crippen LogP contribution in [0.2, 0.25) is 0 Å². The summed E-state index contributed by atoms with van der Waals surface area (Å²) < 4.78 is 10.7. The Labute approximate surface area is 113 Å². The molecule has 0 bridgehead atoms. The first kappa shape index (κ1) is 13.7. The molecule has 1 aromatic rings. The SMILES string of the molecule is CCNCC(C)C(=O)NCc1cccc2c1OCO2. The molecule has 1 atom stereocenters. The molecule has 1 aliphatic heterocycles. The molecule has 0 aliphatic carbocycles. The number of fused-ring (bicyclic) bond motifs is 1. The molecule has 2 N–H and O–H groups in total. The maximum absolute atomic E-state index is 11.9. The summed E-state index contributed by atoms with van der Waals surface area (Å²) in [4.78, 5) is 11.9. The number of ether oxygens (including phenoxy) is 2.